The van der Waals surface area contributed by atoms with Crippen molar-refractivity contribution in [3.05, 3.63) is 0 Å². The number of rotatable bonds is 7. The highest BCUT2D eigenvalue weighted by molar-refractivity contribution is 7.89. The van der Waals surface area contributed by atoms with Crippen LogP contribution in [0.2, 0.25) is 0 Å². The number of hydrogen-bond donors (Lipinski definition) is 1. The predicted octanol–water partition coefficient (Wildman–Crippen LogP) is 1.45. The summed E-state index contributed by atoms with van der Waals surface area (Å²) in [4.78, 5) is 14.4. The number of carbonyl (C=O) groups excluding carboxylic acids is 1. The summed E-state index contributed by atoms with van der Waals surface area (Å²) in [6.45, 7) is 7.31. The minimum atomic E-state index is -3.35. The number of halogens is 1. The summed E-state index contributed by atoms with van der Waals surface area (Å²) in [5.41, 5.74) is 5.55. The van der Waals surface area contributed by atoms with Crippen LogP contribution in [0.15, 0.2) is 0 Å². The smallest absolute Gasteiger partial charge is 0.240 e. The van der Waals surface area contributed by atoms with E-state index in [1.54, 1.807) is 11.9 Å². The summed E-state index contributed by atoms with van der Waals surface area (Å²) in [7, 11) is -1.61. The molecule has 1 fully saturated rings. The lowest BCUT2D eigenvalue weighted by Gasteiger charge is -2.37. The Morgan fingerprint density at radius 1 is 1.35 bits per heavy atom. The molecule has 8 heteroatoms. The zero-order chi connectivity index (χ0) is 17.0. The van der Waals surface area contributed by atoms with Gasteiger partial charge in [-0.2, -0.15) is 4.31 Å². The third-order valence-corrected chi connectivity index (χ3v) is 6.23. The van der Waals surface area contributed by atoms with Gasteiger partial charge in [-0.1, -0.05) is 27.2 Å². The number of likely N-dealkylation sites (N-methyl/N-ethyl adjacent to an activating group) is 1. The SMILES string of the molecule is CCCS(=O)(=O)N1CCCCC1C(=O)N(C)CC(C)(C)CN.Cl. The second-order valence-electron chi connectivity index (χ2n) is 7.00. The lowest BCUT2D eigenvalue weighted by atomic mass is 9.92. The summed E-state index contributed by atoms with van der Waals surface area (Å²) < 4.78 is 26.2. The fraction of sp³-hybridized carbons (Fsp3) is 0.933. The van der Waals surface area contributed by atoms with Crippen LogP contribution in [0.25, 0.3) is 0 Å². The third-order valence-electron chi connectivity index (χ3n) is 4.15. The van der Waals surface area contributed by atoms with E-state index in [0.29, 0.717) is 32.5 Å². The van der Waals surface area contributed by atoms with Crippen LogP contribution in [-0.2, 0) is 14.8 Å². The van der Waals surface area contributed by atoms with E-state index < -0.39 is 16.1 Å². The van der Waals surface area contributed by atoms with Gasteiger partial charge in [0.2, 0.25) is 15.9 Å². The summed E-state index contributed by atoms with van der Waals surface area (Å²) >= 11 is 0. The first-order chi connectivity index (χ1) is 10.1. The number of sulfonamides is 1. The lowest BCUT2D eigenvalue weighted by Crippen LogP contribution is -2.54. The van der Waals surface area contributed by atoms with Gasteiger partial charge in [0.1, 0.15) is 6.04 Å². The van der Waals surface area contributed by atoms with E-state index in [9.17, 15) is 13.2 Å². The zero-order valence-corrected chi connectivity index (χ0v) is 16.4. The second kappa shape index (κ2) is 9.20. The van der Waals surface area contributed by atoms with Crippen molar-refractivity contribution in [1.82, 2.24) is 9.21 Å². The van der Waals surface area contributed by atoms with Gasteiger partial charge >= 0.3 is 0 Å². The van der Waals surface area contributed by atoms with E-state index in [2.05, 4.69) is 0 Å². The molecule has 0 spiro atoms. The molecule has 1 aliphatic rings. The quantitative estimate of drug-likeness (QED) is 0.736. The van der Waals surface area contributed by atoms with Gasteiger partial charge in [0.15, 0.2) is 0 Å². The molecule has 23 heavy (non-hydrogen) atoms. The minimum Gasteiger partial charge on any atom is -0.344 e. The first-order valence-electron chi connectivity index (χ1n) is 8.09. The molecule has 1 rings (SSSR count). The molecule has 0 radical (unpaired) electrons. The van der Waals surface area contributed by atoms with Gasteiger partial charge in [-0.25, -0.2) is 8.42 Å². The molecule has 0 aromatic carbocycles. The van der Waals surface area contributed by atoms with Crippen LogP contribution >= 0.6 is 12.4 Å². The molecule has 0 aromatic rings. The average molecular weight is 370 g/mol. The zero-order valence-electron chi connectivity index (χ0n) is 14.7. The maximum Gasteiger partial charge on any atom is 0.240 e. The summed E-state index contributed by atoms with van der Waals surface area (Å²) in [5, 5.41) is 0. The monoisotopic (exact) mass is 369 g/mol. The highest BCUT2D eigenvalue weighted by Gasteiger charge is 2.38. The standard InChI is InChI=1S/C15H31N3O3S.ClH/c1-5-10-22(20,21)18-9-7-6-8-13(18)14(19)17(4)12-15(2,3)11-16;/h13H,5-12,16H2,1-4H3;1H. The number of nitrogens with zero attached hydrogens (tertiary/aromatic N) is 2. The molecule has 1 heterocycles. The largest absolute Gasteiger partial charge is 0.344 e. The van der Waals surface area contributed by atoms with Gasteiger partial charge in [0.25, 0.3) is 0 Å². The van der Waals surface area contributed by atoms with Crippen molar-refractivity contribution in [1.29, 1.82) is 0 Å². The molecule has 1 aliphatic heterocycles. The molecule has 0 saturated carbocycles. The van der Waals surface area contributed by atoms with Crippen molar-refractivity contribution in [3.63, 3.8) is 0 Å². The average Bonchev–Trinajstić information content (AvgIpc) is 2.46. The van der Waals surface area contributed by atoms with Gasteiger partial charge in [0.05, 0.1) is 5.75 Å². The summed E-state index contributed by atoms with van der Waals surface area (Å²) in [6.07, 6.45) is 2.89. The molecule has 138 valence electrons. The Labute approximate surface area is 147 Å². The van der Waals surface area contributed by atoms with E-state index in [1.807, 2.05) is 20.8 Å². The molecule has 6 nitrogen and oxygen atoms in total. The normalized spacial score (nSPS) is 20.0. The van der Waals surface area contributed by atoms with Gasteiger partial charge in [-0.15, -0.1) is 12.4 Å². The Morgan fingerprint density at radius 2 is 1.96 bits per heavy atom. The number of hydrogen-bond acceptors (Lipinski definition) is 4. The fourth-order valence-electron chi connectivity index (χ4n) is 2.90. The Balaban J connectivity index is 0.00000484. The molecule has 1 saturated heterocycles. The maximum atomic E-state index is 12.7. The summed E-state index contributed by atoms with van der Waals surface area (Å²) in [5.74, 6) is -0.00434. The van der Waals surface area contributed by atoms with Crippen LogP contribution in [0.4, 0.5) is 0 Å². The minimum absolute atomic E-state index is 0. The molecule has 1 unspecified atom stereocenters. The molecular formula is C15H32ClN3O3S. The van der Waals surface area contributed by atoms with E-state index in [0.717, 1.165) is 12.8 Å². The van der Waals surface area contributed by atoms with Crippen molar-refractivity contribution in [2.24, 2.45) is 11.1 Å². The third kappa shape index (κ3) is 6.21. The molecule has 0 aromatic heterocycles. The van der Waals surface area contributed by atoms with Crippen molar-refractivity contribution < 1.29 is 13.2 Å². The Kier molecular flexibility index (Phi) is 9.05. The van der Waals surface area contributed by atoms with E-state index in [-0.39, 0.29) is 29.5 Å². The Morgan fingerprint density at radius 3 is 2.48 bits per heavy atom. The molecule has 2 N–H and O–H groups in total. The second-order valence-corrected chi connectivity index (χ2v) is 9.04. The molecule has 1 amide bonds. The number of amides is 1. The van der Waals surface area contributed by atoms with Crippen LogP contribution in [0.5, 0.6) is 0 Å². The van der Waals surface area contributed by atoms with Gasteiger partial charge in [0, 0.05) is 20.1 Å². The highest BCUT2D eigenvalue weighted by Crippen LogP contribution is 2.24. The van der Waals surface area contributed by atoms with Crippen molar-refractivity contribution in [3.8, 4) is 0 Å². The van der Waals surface area contributed by atoms with Crippen LogP contribution in [-0.4, -0.2) is 62.0 Å². The van der Waals surface area contributed by atoms with Crippen LogP contribution in [0.1, 0.15) is 46.5 Å². The molecule has 1 atom stereocenters. The van der Waals surface area contributed by atoms with Crippen LogP contribution in [0, 0.1) is 5.41 Å². The molecular weight excluding hydrogens is 338 g/mol. The number of carbonyl (C=O) groups is 1. The summed E-state index contributed by atoms with van der Waals surface area (Å²) in [6, 6.07) is -0.552. The highest BCUT2D eigenvalue weighted by atomic mass is 35.5. The van der Waals surface area contributed by atoms with Gasteiger partial charge in [-0.05, 0) is 31.2 Å². The van der Waals surface area contributed by atoms with E-state index in [4.69, 9.17) is 5.73 Å². The first-order valence-corrected chi connectivity index (χ1v) is 9.70. The number of piperidine rings is 1. The topological polar surface area (TPSA) is 83.7 Å². The number of nitrogens with two attached hydrogens (primary N) is 1. The predicted molar refractivity (Wildman–Crippen MR) is 96.1 cm³/mol. The van der Waals surface area contributed by atoms with Crippen molar-refractivity contribution in [2.45, 2.75) is 52.5 Å². The van der Waals surface area contributed by atoms with Gasteiger partial charge < -0.3 is 10.6 Å². The Hall–Kier alpha value is -0.370. The van der Waals surface area contributed by atoms with Gasteiger partial charge in [-0.3, -0.25) is 4.79 Å². The van der Waals surface area contributed by atoms with Crippen molar-refractivity contribution in [2.75, 3.05) is 32.4 Å². The van der Waals surface area contributed by atoms with Crippen LogP contribution < -0.4 is 5.73 Å². The first kappa shape index (κ1) is 22.6. The lowest BCUT2D eigenvalue weighted by molar-refractivity contribution is -0.136. The van der Waals surface area contributed by atoms with E-state index in [1.165, 1.54) is 4.31 Å². The maximum absolute atomic E-state index is 12.7. The molecule has 0 aliphatic carbocycles. The van der Waals surface area contributed by atoms with Crippen molar-refractivity contribution >= 4 is 28.3 Å². The fourth-order valence-corrected chi connectivity index (χ4v) is 4.64. The van der Waals surface area contributed by atoms with Crippen LogP contribution in [0.3, 0.4) is 0 Å². The Bertz CT molecular complexity index is 482. The molecule has 0 bridgehead atoms. The van der Waals surface area contributed by atoms with E-state index >= 15 is 0 Å².